The van der Waals surface area contributed by atoms with Gasteiger partial charge in [-0.15, -0.1) is 0 Å². The molecule has 8 nitrogen and oxygen atoms in total. The van der Waals surface area contributed by atoms with Gasteiger partial charge in [-0.05, 0) is 42.4 Å². The van der Waals surface area contributed by atoms with Gasteiger partial charge in [-0.1, -0.05) is 27.7 Å². The van der Waals surface area contributed by atoms with E-state index in [2.05, 4.69) is 0 Å². The Kier molecular flexibility index (Phi) is 5.11. The monoisotopic (exact) mass is 450 g/mol. The SMILES string of the molecule is CC(=O)OC1CC(C)(C)C2(O)CCC3C(C)C4=CC(=O)OC4(O)CC3C2(C)C1OC(C)=O. The first-order chi connectivity index (χ1) is 14.7. The summed E-state index contributed by atoms with van der Waals surface area (Å²) in [5, 5.41) is 23.6. The van der Waals surface area contributed by atoms with Crippen LogP contribution in [0.5, 0.6) is 0 Å². The number of hydrogen-bond acceptors (Lipinski definition) is 8. The first kappa shape index (κ1) is 23.2. The molecular weight excluding hydrogens is 416 g/mol. The topological polar surface area (TPSA) is 119 Å². The van der Waals surface area contributed by atoms with E-state index in [1.807, 2.05) is 27.7 Å². The lowest BCUT2D eigenvalue weighted by atomic mass is 9.39. The lowest BCUT2D eigenvalue weighted by Crippen LogP contribution is -2.75. The molecule has 3 saturated carbocycles. The molecule has 8 atom stereocenters. The van der Waals surface area contributed by atoms with Crippen molar-refractivity contribution in [3.8, 4) is 0 Å². The highest BCUT2D eigenvalue weighted by Gasteiger charge is 2.74. The Balaban J connectivity index is 1.88. The number of carbonyl (C=O) groups is 3. The van der Waals surface area contributed by atoms with Gasteiger partial charge in [0.1, 0.15) is 12.2 Å². The van der Waals surface area contributed by atoms with Crippen LogP contribution in [0.25, 0.3) is 0 Å². The summed E-state index contributed by atoms with van der Waals surface area (Å²) in [6, 6.07) is 0. The number of aliphatic hydroxyl groups is 2. The highest BCUT2D eigenvalue weighted by Crippen LogP contribution is 2.69. The normalized spacial score (nSPS) is 46.7. The highest BCUT2D eigenvalue weighted by molar-refractivity contribution is 5.86. The van der Waals surface area contributed by atoms with Crippen molar-refractivity contribution >= 4 is 17.9 Å². The summed E-state index contributed by atoms with van der Waals surface area (Å²) in [5.74, 6) is -3.85. The maximum Gasteiger partial charge on any atom is 0.333 e. The standard InChI is InChI=1S/C24H34O8/c1-12-15-7-8-24(29)21(4,5)11-18(30-13(2)25)20(31-14(3)26)22(24,6)17(15)10-23(28)16(12)9-19(27)32-23/h9,12,15,17-18,20,28-29H,7-8,10-11H2,1-6H3. The molecule has 0 aromatic rings. The van der Waals surface area contributed by atoms with Gasteiger partial charge in [0.2, 0.25) is 5.79 Å². The van der Waals surface area contributed by atoms with Crippen molar-refractivity contribution in [3.05, 3.63) is 11.6 Å². The van der Waals surface area contributed by atoms with Crippen molar-refractivity contribution < 1.29 is 38.8 Å². The van der Waals surface area contributed by atoms with Crippen LogP contribution >= 0.6 is 0 Å². The van der Waals surface area contributed by atoms with E-state index in [4.69, 9.17) is 14.2 Å². The van der Waals surface area contributed by atoms with Gasteiger partial charge >= 0.3 is 17.9 Å². The molecule has 3 aliphatic carbocycles. The minimum atomic E-state index is -1.75. The van der Waals surface area contributed by atoms with Crippen molar-refractivity contribution in [2.24, 2.45) is 28.6 Å². The summed E-state index contributed by atoms with van der Waals surface area (Å²) in [7, 11) is 0. The Bertz CT molecular complexity index is 892. The fraction of sp³-hybridized carbons (Fsp3) is 0.792. The second kappa shape index (κ2) is 7.03. The van der Waals surface area contributed by atoms with Gasteiger partial charge < -0.3 is 24.4 Å². The minimum absolute atomic E-state index is 0.0197. The Morgan fingerprint density at radius 2 is 1.72 bits per heavy atom. The van der Waals surface area contributed by atoms with Crippen LogP contribution in [0.1, 0.15) is 67.2 Å². The molecule has 0 saturated heterocycles. The molecule has 1 aliphatic heterocycles. The lowest BCUT2D eigenvalue weighted by Gasteiger charge is -2.69. The third kappa shape index (κ3) is 2.98. The molecule has 4 aliphatic rings. The van der Waals surface area contributed by atoms with Crippen LogP contribution in [0.3, 0.4) is 0 Å². The largest absolute Gasteiger partial charge is 0.459 e. The smallest absolute Gasteiger partial charge is 0.333 e. The Hall–Kier alpha value is -1.93. The maximum absolute atomic E-state index is 12.3. The third-order valence-corrected chi connectivity index (χ3v) is 9.01. The van der Waals surface area contributed by atoms with Crippen molar-refractivity contribution in [1.82, 2.24) is 0 Å². The predicted molar refractivity (Wildman–Crippen MR) is 112 cm³/mol. The fourth-order valence-corrected chi connectivity index (χ4v) is 7.60. The Morgan fingerprint density at radius 1 is 1.09 bits per heavy atom. The van der Waals surface area contributed by atoms with Crippen LogP contribution in [0.15, 0.2) is 11.6 Å². The molecule has 32 heavy (non-hydrogen) atoms. The van der Waals surface area contributed by atoms with Crippen LogP contribution < -0.4 is 0 Å². The molecule has 4 rings (SSSR count). The minimum Gasteiger partial charge on any atom is -0.459 e. The summed E-state index contributed by atoms with van der Waals surface area (Å²) < 4.78 is 16.8. The number of fused-ring (bicyclic) bond motifs is 4. The Labute approximate surface area is 188 Å². The van der Waals surface area contributed by atoms with Crippen LogP contribution in [-0.4, -0.2) is 51.7 Å². The van der Waals surface area contributed by atoms with Gasteiger partial charge in [0.25, 0.3) is 0 Å². The summed E-state index contributed by atoms with van der Waals surface area (Å²) in [6.07, 6.45) is 1.28. The van der Waals surface area contributed by atoms with E-state index in [-0.39, 0.29) is 24.2 Å². The molecule has 8 heteroatoms. The van der Waals surface area contributed by atoms with Crippen molar-refractivity contribution in [1.29, 1.82) is 0 Å². The zero-order valence-corrected chi connectivity index (χ0v) is 19.6. The number of rotatable bonds is 2. The van der Waals surface area contributed by atoms with Gasteiger partial charge in [-0.3, -0.25) is 9.59 Å². The molecule has 0 bridgehead atoms. The molecule has 3 fully saturated rings. The first-order valence-electron chi connectivity index (χ1n) is 11.4. The number of hydrogen-bond donors (Lipinski definition) is 2. The quantitative estimate of drug-likeness (QED) is 0.486. The van der Waals surface area contributed by atoms with Gasteiger partial charge in [-0.25, -0.2) is 4.79 Å². The summed E-state index contributed by atoms with van der Waals surface area (Å²) in [4.78, 5) is 36.1. The molecule has 2 N–H and O–H groups in total. The number of ether oxygens (including phenoxy) is 3. The molecule has 8 unspecified atom stereocenters. The number of esters is 3. The second-order valence-corrected chi connectivity index (χ2v) is 11.0. The van der Waals surface area contributed by atoms with Gasteiger partial charge in [0.05, 0.1) is 5.60 Å². The van der Waals surface area contributed by atoms with Gasteiger partial charge in [0.15, 0.2) is 0 Å². The molecule has 0 spiro atoms. The summed E-state index contributed by atoms with van der Waals surface area (Å²) in [5.41, 5.74) is -2.43. The van der Waals surface area contributed by atoms with Gasteiger partial charge in [0, 0.05) is 37.3 Å². The molecule has 0 aromatic carbocycles. The van der Waals surface area contributed by atoms with E-state index < -0.39 is 52.3 Å². The first-order valence-corrected chi connectivity index (χ1v) is 11.4. The molecule has 0 aromatic heterocycles. The Morgan fingerprint density at radius 3 is 2.31 bits per heavy atom. The van der Waals surface area contributed by atoms with Crippen molar-refractivity contribution in [2.75, 3.05) is 0 Å². The molecule has 1 heterocycles. The number of carbonyl (C=O) groups excluding carboxylic acids is 3. The van der Waals surface area contributed by atoms with Gasteiger partial charge in [-0.2, -0.15) is 0 Å². The molecule has 0 radical (unpaired) electrons. The van der Waals surface area contributed by atoms with Crippen LogP contribution in [0.4, 0.5) is 0 Å². The van der Waals surface area contributed by atoms with E-state index in [1.54, 1.807) is 0 Å². The van der Waals surface area contributed by atoms with E-state index in [9.17, 15) is 24.6 Å². The zero-order valence-electron chi connectivity index (χ0n) is 19.6. The van der Waals surface area contributed by atoms with E-state index in [0.717, 1.165) is 0 Å². The third-order valence-electron chi connectivity index (χ3n) is 9.01. The van der Waals surface area contributed by atoms with Crippen molar-refractivity contribution in [2.45, 2.75) is 90.8 Å². The second-order valence-electron chi connectivity index (χ2n) is 11.0. The average molecular weight is 451 g/mol. The zero-order chi connectivity index (χ0) is 23.9. The van der Waals surface area contributed by atoms with E-state index in [0.29, 0.717) is 24.8 Å². The lowest BCUT2D eigenvalue weighted by molar-refractivity contribution is -0.318. The molecular formula is C24H34O8. The highest BCUT2D eigenvalue weighted by atomic mass is 16.7. The molecule has 0 amide bonds. The van der Waals surface area contributed by atoms with E-state index >= 15 is 0 Å². The van der Waals surface area contributed by atoms with Crippen LogP contribution in [-0.2, 0) is 28.6 Å². The molecule has 178 valence electrons. The average Bonchev–Trinajstić information content (AvgIpc) is 2.95. The summed E-state index contributed by atoms with van der Waals surface area (Å²) >= 11 is 0. The van der Waals surface area contributed by atoms with Crippen molar-refractivity contribution in [3.63, 3.8) is 0 Å². The maximum atomic E-state index is 12.3. The van der Waals surface area contributed by atoms with E-state index in [1.165, 1.54) is 19.9 Å². The van der Waals surface area contributed by atoms with Crippen LogP contribution in [0, 0.1) is 28.6 Å². The van der Waals surface area contributed by atoms with Crippen LogP contribution in [0.2, 0.25) is 0 Å². The fourth-order valence-electron chi connectivity index (χ4n) is 7.60. The summed E-state index contributed by atoms with van der Waals surface area (Å²) in [6.45, 7) is 10.3. The predicted octanol–water partition coefficient (Wildman–Crippen LogP) is 2.25.